The van der Waals surface area contributed by atoms with Crippen LogP contribution in [0.3, 0.4) is 0 Å². The summed E-state index contributed by atoms with van der Waals surface area (Å²) >= 11 is 0. The zero-order valence-corrected chi connectivity index (χ0v) is 13.5. The number of amides is 2. The first kappa shape index (κ1) is 17.6. The molecule has 126 valence electrons. The first-order valence-corrected chi connectivity index (χ1v) is 7.47. The predicted molar refractivity (Wildman–Crippen MR) is 88.8 cm³/mol. The predicted octanol–water partition coefficient (Wildman–Crippen LogP) is 3.65. The highest BCUT2D eigenvalue weighted by Gasteiger charge is 2.17. The molecule has 2 aromatic carbocycles. The molecule has 0 aliphatic heterocycles. The van der Waals surface area contributed by atoms with E-state index in [2.05, 4.69) is 5.32 Å². The fraction of sp³-hybridized carbons (Fsp3) is 0.222. The normalized spacial score (nSPS) is 10.3. The molecule has 0 radical (unpaired) electrons. The number of benzene rings is 2. The van der Waals surface area contributed by atoms with Crippen molar-refractivity contribution in [2.45, 2.75) is 20.3 Å². The van der Waals surface area contributed by atoms with Gasteiger partial charge in [0.05, 0.1) is 5.69 Å². The van der Waals surface area contributed by atoms with Gasteiger partial charge in [-0.2, -0.15) is 0 Å². The Labute approximate surface area is 139 Å². The fourth-order valence-corrected chi connectivity index (χ4v) is 2.29. The van der Waals surface area contributed by atoms with Crippen molar-refractivity contribution in [3.8, 4) is 0 Å². The lowest BCUT2D eigenvalue weighted by Crippen LogP contribution is -2.32. The van der Waals surface area contributed by atoms with Gasteiger partial charge in [-0.15, -0.1) is 0 Å². The molecule has 0 fully saturated rings. The summed E-state index contributed by atoms with van der Waals surface area (Å²) in [4.78, 5) is 24.9. The first-order valence-electron chi connectivity index (χ1n) is 7.47. The Morgan fingerprint density at radius 2 is 1.83 bits per heavy atom. The van der Waals surface area contributed by atoms with E-state index in [-0.39, 0.29) is 24.6 Å². The van der Waals surface area contributed by atoms with Gasteiger partial charge in [-0.25, -0.2) is 8.78 Å². The van der Waals surface area contributed by atoms with Crippen molar-refractivity contribution >= 4 is 23.2 Å². The molecule has 2 amide bonds. The summed E-state index contributed by atoms with van der Waals surface area (Å²) < 4.78 is 26.8. The Bertz CT molecular complexity index is 762. The van der Waals surface area contributed by atoms with Gasteiger partial charge in [-0.05, 0) is 30.7 Å². The molecule has 0 saturated heterocycles. The highest BCUT2D eigenvalue weighted by atomic mass is 19.1. The standard InChI is InChI=1S/C18H18F2N2O2/c1-12-5-3-4-6-16(12)21-18(24)9-10-22(13(2)23)17-8-7-14(19)11-15(17)20/h3-8,11H,9-10H2,1-2H3,(H,21,24). The van der Waals surface area contributed by atoms with Crippen LogP contribution < -0.4 is 10.2 Å². The van der Waals surface area contributed by atoms with E-state index in [1.165, 1.54) is 13.0 Å². The smallest absolute Gasteiger partial charge is 0.226 e. The van der Waals surface area contributed by atoms with Gasteiger partial charge >= 0.3 is 0 Å². The zero-order valence-electron chi connectivity index (χ0n) is 13.5. The summed E-state index contributed by atoms with van der Waals surface area (Å²) in [5.74, 6) is -2.29. The van der Waals surface area contributed by atoms with Crippen molar-refractivity contribution in [1.29, 1.82) is 0 Å². The molecule has 2 aromatic rings. The maximum Gasteiger partial charge on any atom is 0.226 e. The summed E-state index contributed by atoms with van der Waals surface area (Å²) in [6.45, 7) is 3.13. The highest BCUT2D eigenvalue weighted by Crippen LogP contribution is 2.21. The van der Waals surface area contributed by atoms with Crippen molar-refractivity contribution in [2.75, 3.05) is 16.8 Å². The molecule has 0 spiro atoms. The molecule has 0 bridgehead atoms. The third-order valence-electron chi connectivity index (χ3n) is 3.56. The summed E-state index contributed by atoms with van der Waals surface area (Å²) in [7, 11) is 0. The number of rotatable bonds is 5. The monoisotopic (exact) mass is 332 g/mol. The van der Waals surface area contributed by atoms with Crippen LogP contribution in [0.5, 0.6) is 0 Å². The highest BCUT2D eigenvalue weighted by molar-refractivity contribution is 5.95. The number of nitrogens with zero attached hydrogens (tertiary/aromatic N) is 1. The molecular formula is C18H18F2N2O2. The second-order valence-electron chi connectivity index (χ2n) is 5.38. The third-order valence-corrected chi connectivity index (χ3v) is 3.56. The Hall–Kier alpha value is -2.76. The van der Waals surface area contributed by atoms with Gasteiger partial charge in [0.15, 0.2) is 0 Å². The van der Waals surface area contributed by atoms with Gasteiger partial charge in [0, 0.05) is 31.6 Å². The minimum Gasteiger partial charge on any atom is -0.326 e. The van der Waals surface area contributed by atoms with Gasteiger partial charge in [-0.3, -0.25) is 9.59 Å². The molecule has 0 heterocycles. The zero-order chi connectivity index (χ0) is 17.7. The van der Waals surface area contributed by atoms with Crippen molar-refractivity contribution in [3.63, 3.8) is 0 Å². The second kappa shape index (κ2) is 7.68. The number of para-hydroxylation sites is 1. The number of carbonyl (C=O) groups excluding carboxylic acids is 2. The van der Waals surface area contributed by atoms with Crippen LogP contribution in [-0.2, 0) is 9.59 Å². The Balaban J connectivity index is 2.05. The van der Waals surface area contributed by atoms with E-state index in [0.29, 0.717) is 11.8 Å². The summed E-state index contributed by atoms with van der Waals surface area (Å²) in [5.41, 5.74) is 1.55. The Kier molecular flexibility index (Phi) is 5.63. The minimum absolute atomic E-state index is 0.00436. The number of aryl methyl sites for hydroxylation is 1. The average Bonchev–Trinajstić information content (AvgIpc) is 2.51. The lowest BCUT2D eigenvalue weighted by molar-refractivity contribution is -0.117. The third kappa shape index (κ3) is 4.38. The van der Waals surface area contributed by atoms with Crippen LogP contribution in [0.4, 0.5) is 20.2 Å². The minimum atomic E-state index is -0.843. The number of nitrogens with one attached hydrogen (secondary N) is 1. The SMILES string of the molecule is CC(=O)N(CCC(=O)Nc1ccccc1C)c1ccc(F)cc1F. The van der Waals surface area contributed by atoms with E-state index < -0.39 is 17.5 Å². The Morgan fingerprint density at radius 3 is 2.46 bits per heavy atom. The molecule has 0 saturated carbocycles. The van der Waals surface area contributed by atoms with E-state index in [9.17, 15) is 18.4 Å². The average molecular weight is 332 g/mol. The fourth-order valence-electron chi connectivity index (χ4n) is 2.29. The van der Waals surface area contributed by atoms with Crippen LogP contribution in [0.25, 0.3) is 0 Å². The molecule has 4 nitrogen and oxygen atoms in total. The molecule has 2 rings (SSSR count). The van der Waals surface area contributed by atoms with Crippen molar-refractivity contribution in [3.05, 3.63) is 59.7 Å². The van der Waals surface area contributed by atoms with Crippen LogP contribution >= 0.6 is 0 Å². The Morgan fingerprint density at radius 1 is 1.12 bits per heavy atom. The maximum absolute atomic E-state index is 13.9. The van der Waals surface area contributed by atoms with Gasteiger partial charge in [-0.1, -0.05) is 18.2 Å². The van der Waals surface area contributed by atoms with E-state index in [1.807, 2.05) is 19.1 Å². The molecule has 0 aliphatic carbocycles. The van der Waals surface area contributed by atoms with Crippen LogP contribution in [0.15, 0.2) is 42.5 Å². The lowest BCUT2D eigenvalue weighted by atomic mass is 10.2. The number of halogens is 2. The van der Waals surface area contributed by atoms with E-state index in [1.54, 1.807) is 12.1 Å². The topological polar surface area (TPSA) is 49.4 Å². The molecule has 6 heteroatoms. The largest absolute Gasteiger partial charge is 0.326 e. The molecular weight excluding hydrogens is 314 g/mol. The number of hydrogen-bond donors (Lipinski definition) is 1. The summed E-state index contributed by atoms with van der Waals surface area (Å²) in [5, 5.41) is 2.75. The quantitative estimate of drug-likeness (QED) is 0.908. The lowest BCUT2D eigenvalue weighted by Gasteiger charge is -2.21. The number of carbonyl (C=O) groups is 2. The van der Waals surface area contributed by atoms with Gasteiger partial charge in [0.1, 0.15) is 11.6 Å². The van der Waals surface area contributed by atoms with Crippen LogP contribution in [0, 0.1) is 18.6 Å². The molecule has 0 aromatic heterocycles. The molecule has 1 N–H and O–H groups in total. The van der Waals surface area contributed by atoms with Crippen molar-refractivity contribution in [2.24, 2.45) is 0 Å². The van der Waals surface area contributed by atoms with E-state index in [0.717, 1.165) is 16.5 Å². The van der Waals surface area contributed by atoms with E-state index >= 15 is 0 Å². The summed E-state index contributed by atoms with van der Waals surface area (Å²) in [6.07, 6.45) is -0.00920. The second-order valence-corrected chi connectivity index (χ2v) is 5.38. The maximum atomic E-state index is 13.9. The summed E-state index contributed by atoms with van der Waals surface area (Å²) in [6, 6.07) is 10.3. The molecule has 24 heavy (non-hydrogen) atoms. The van der Waals surface area contributed by atoms with Crippen LogP contribution in [-0.4, -0.2) is 18.4 Å². The first-order chi connectivity index (χ1) is 11.4. The molecule has 0 aliphatic rings. The van der Waals surface area contributed by atoms with Gasteiger partial charge in [0.2, 0.25) is 11.8 Å². The van der Waals surface area contributed by atoms with Crippen LogP contribution in [0.2, 0.25) is 0 Å². The van der Waals surface area contributed by atoms with Crippen molar-refractivity contribution < 1.29 is 18.4 Å². The van der Waals surface area contributed by atoms with E-state index in [4.69, 9.17) is 0 Å². The van der Waals surface area contributed by atoms with Gasteiger partial charge in [0.25, 0.3) is 0 Å². The molecule has 0 atom stereocenters. The van der Waals surface area contributed by atoms with Gasteiger partial charge < -0.3 is 10.2 Å². The number of anilines is 2. The van der Waals surface area contributed by atoms with Crippen molar-refractivity contribution in [1.82, 2.24) is 0 Å². The molecule has 0 unspecified atom stereocenters. The number of hydrogen-bond acceptors (Lipinski definition) is 2. The van der Waals surface area contributed by atoms with Crippen LogP contribution in [0.1, 0.15) is 18.9 Å².